The van der Waals surface area contributed by atoms with Crippen LogP contribution in [0.3, 0.4) is 0 Å². The molecule has 2 aromatic rings. The zero-order chi connectivity index (χ0) is 22.1. The predicted molar refractivity (Wildman–Crippen MR) is 116 cm³/mol. The first-order valence-electron chi connectivity index (χ1n) is 11.0. The van der Waals surface area contributed by atoms with Crippen LogP contribution in [-0.4, -0.2) is 65.1 Å². The number of alkyl halides is 2. The maximum Gasteiger partial charge on any atom is 0.260 e. The van der Waals surface area contributed by atoms with Crippen molar-refractivity contribution in [2.45, 2.75) is 51.2 Å². The van der Waals surface area contributed by atoms with E-state index in [9.17, 15) is 13.6 Å². The quantitative estimate of drug-likeness (QED) is 0.783. The van der Waals surface area contributed by atoms with Gasteiger partial charge in [-0.15, -0.1) is 0 Å². The van der Waals surface area contributed by atoms with E-state index in [0.29, 0.717) is 30.9 Å². The van der Waals surface area contributed by atoms with Crippen molar-refractivity contribution in [3.8, 4) is 0 Å². The highest BCUT2D eigenvalue weighted by atomic mass is 19.3. The molecule has 1 fully saturated rings. The monoisotopic (exact) mass is 431 g/mol. The van der Waals surface area contributed by atoms with E-state index in [1.165, 1.54) is 4.68 Å². The molecule has 1 aromatic carbocycles. The van der Waals surface area contributed by atoms with Gasteiger partial charge < -0.3 is 15.1 Å². The van der Waals surface area contributed by atoms with Gasteiger partial charge in [-0.25, -0.2) is 13.5 Å². The van der Waals surface area contributed by atoms with Gasteiger partial charge >= 0.3 is 0 Å². The van der Waals surface area contributed by atoms with Gasteiger partial charge in [0.2, 0.25) is 0 Å². The summed E-state index contributed by atoms with van der Waals surface area (Å²) in [5.74, 6) is 0.804. The molecule has 2 aliphatic heterocycles. The summed E-state index contributed by atoms with van der Waals surface area (Å²) in [5.41, 5.74) is 2.57. The molecule has 0 spiro atoms. The summed E-state index contributed by atoms with van der Waals surface area (Å²) in [6.45, 7) is 3.93. The molecule has 2 aliphatic rings. The van der Waals surface area contributed by atoms with Crippen LogP contribution >= 0.6 is 0 Å². The molecule has 3 atom stereocenters. The van der Waals surface area contributed by atoms with E-state index < -0.39 is 12.5 Å². The summed E-state index contributed by atoms with van der Waals surface area (Å²) < 4.78 is 28.9. The largest absolute Gasteiger partial charge is 0.367 e. The number of rotatable bonds is 5. The standard InChI is InChI=1S/C23H31F2N5O/c1-15-11-21-26-19(12-20(22(24)25)30(21)27-15)18-5-4-10-29(14-18)23(31)17-8-6-16(7-9-17)13-28(2)3/h6-9,11,18-20,22,26H,4-5,10,12-14H2,1-3H3/t18?,19-,20+/m0/s1. The topological polar surface area (TPSA) is 53.4 Å². The molecular formula is C23H31F2N5O. The SMILES string of the molecule is Cc1cc2n(n1)[C@@H](C(F)F)C[C@@H](C1CCCN(C(=O)c3ccc(CN(C)C)cc3)C1)N2. The number of benzene rings is 1. The van der Waals surface area contributed by atoms with Crippen LogP contribution in [0.25, 0.3) is 0 Å². The molecule has 0 saturated carbocycles. The Balaban J connectivity index is 1.45. The molecule has 8 heteroatoms. The summed E-state index contributed by atoms with van der Waals surface area (Å²) in [6.07, 6.45) is -0.348. The fraction of sp³-hybridized carbons (Fsp3) is 0.565. The number of amides is 1. The number of fused-ring (bicyclic) bond motifs is 1. The molecule has 1 saturated heterocycles. The van der Waals surface area contributed by atoms with Crippen molar-refractivity contribution in [3.05, 3.63) is 47.2 Å². The number of nitrogens with one attached hydrogen (secondary N) is 1. The van der Waals surface area contributed by atoms with Gasteiger partial charge in [0.1, 0.15) is 11.9 Å². The molecule has 0 aliphatic carbocycles. The number of hydrogen-bond acceptors (Lipinski definition) is 4. The van der Waals surface area contributed by atoms with Crippen molar-refractivity contribution in [1.82, 2.24) is 19.6 Å². The lowest BCUT2D eigenvalue weighted by atomic mass is 9.85. The van der Waals surface area contributed by atoms with E-state index in [1.807, 2.05) is 56.3 Å². The molecule has 3 heterocycles. The Morgan fingerprint density at radius 1 is 1.29 bits per heavy atom. The highest BCUT2D eigenvalue weighted by Gasteiger charge is 2.38. The molecule has 168 valence electrons. The number of anilines is 1. The molecule has 6 nitrogen and oxygen atoms in total. The smallest absolute Gasteiger partial charge is 0.260 e. The number of carbonyl (C=O) groups is 1. The van der Waals surface area contributed by atoms with Gasteiger partial charge in [0.15, 0.2) is 0 Å². The molecule has 31 heavy (non-hydrogen) atoms. The minimum atomic E-state index is -2.47. The molecule has 0 bridgehead atoms. The summed E-state index contributed by atoms with van der Waals surface area (Å²) in [6, 6.07) is 8.56. The molecule has 1 aromatic heterocycles. The second-order valence-electron chi connectivity index (χ2n) is 9.09. The van der Waals surface area contributed by atoms with Gasteiger partial charge in [-0.3, -0.25) is 4.79 Å². The maximum atomic E-state index is 13.7. The van der Waals surface area contributed by atoms with Crippen molar-refractivity contribution in [3.63, 3.8) is 0 Å². The van der Waals surface area contributed by atoms with E-state index in [4.69, 9.17) is 0 Å². The Morgan fingerprint density at radius 2 is 2.03 bits per heavy atom. The normalized spacial score (nSPS) is 23.7. The lowest BCUT2D eigenvalue weighted by Crippen LogP contribution is -2.48. The molecule has 4 rings (SSSR count). The predicted octanol–water partition coefficient (Wildman–Crippen LogP) is 3.80. The third kappa shape index (κ3) is 4.74. The van der Waals surface area contributed by atoms with E-state index in [2.05, 4.69) is 15.3 Å². The van der Waals surface area contributed by atoms with Crippen molar-refractivity contribution >= 4 is 11.7 Å². The summed E-state index contributed by atoms with van der Waals surface area (Å²) in [4.78, 5) is 17.1. The highest BCUT2D eigenvalue weighted by Crippen LogP contribution is 2.36. The first-order chi connectivity index (χ1) is 14.8. The number of aryl methyl sites for hydroxylation is 1. The molecule has 0 radical (unpaired) electrons. The summed E-state index contributed by atoms with van der Waals surface area (Å²) in [7, 11) is 4.03. The first kappa shape index (κ1) is 21.7. The molecular weight excluding hydrogens is 400 g/mol. The lowest BCUT2D eigenvalue weighted by molar-refractivity contribution is 0.0505. The molecule has 1 amide bonds. The van der Waals surface area contributed by atoms with Gasteiger partial charge in [-0.1, -0.05) is 12.1 Å². The van der Waals surface area contributed by atoms with E-state index in [-0.39, 0.29) is 17.9 Å². The molecule has 1 unspecified atom stereocenters. The van der Waals surface area contributed by atoms with Crippen LogP contribution in [0.4, 0.5) is 14.6 Å². The number of nitrogens with zero attached hydrogens (tertiary/aromatic N) is 4. The minimum Gasteiger partial charge on any atom is -0.367 e. The Hall–Kier alpha value is -2.48. The van der Waals surface area contributed by atoms with Crippen LogP contribution in [0.2, 0.25) is 0 Å². The fourth-order valence-electron chi connectivity index (χ4n) is 4.83. The highest BCUT2D eigenvalue weighted by molar-refractivity contribution is 5.94. The third-order valence-electron chi connectivity index (χ3n) is 6.31. The van der Waals surface area contributed by atoms with Crippen LogP contribution < -0.4 is 5.32 Å². The number of piperidine rings is 1. The summed E-state index contributed by atoms with van der Waals surface area (Å²) >= 11 is 0. The van der Waals surface area contributed by atoms with Crippen molar-refractivity contribution < 1.29 is 13.6 Å². The van der Waals surface area contributed by atoms with Crippen molar-refractivity contribution in [2.75, 3.05) is 32.5 Å². The summed E-state index contributed by atoms with van der Waals surface area (Å²) in [5, 5.41) is 7.67. The number of likely N-dealkylation sites (tertiary alicyclic amines) is 1. The van der Waals surface area contributed by atoms with Gasteiger partial charge in [-0.05, 0) is 63.9 Å². The fourth-order valence-corrected chi connectivity index (χ4v) is 4.83. The number of hydrogen-bond donors (Lipinski definition) is 1. The Labute approximate surface area is 182 Å². The van der Waals surface area contributed by atoms with E-state index >= 15 is 0 Å². The Morgan fingerprint density at radius 3 is 2.71 bits per heavy atom. The number of aromatic nitrogens is 2. The van der Waals surface area contributed by atoms with Gasteiger partial charge in [-0.2, -0.15) is 5.10 Å². The van der Waals surface area contributed by atoms with Crippen LogP contribution in [0.1, 0.15) is 46.9 Å². The van der Waals surface area contributed by atoms with Gasteiger partial charge in [0.25, 0.3) is 12.3 Å². The second-order valence-corrected chi connectivity index (χ2v) is 9.09. The minimum absolute atomic E-state index is 0.0169. The van der Waals surface area contributed by atoms with E-state index in [1.54, 1.807) is 0 Å². The van der Waals surface area contributed by atoms with E-state index in [0.717, 1.165) is 30.6 Å². The third-order valence-corrected chi connectivity index (χ3v) is 6.31. The van der Waals surface area contributed by atoms with Crippen LogP contribution in [0.5, 0.6) is 0 Å². The maximum absolute atomic E-state index is 13.7. The Bertz CT molecular complexity index is 911. The second kappa shape index (κ2) is 8.94. The van der Waals surface area contributed by atoms with Gasteiger partial charge in [0, 0.05) is 37.3 Å². The Kier molecular flexibility index (Phi) is 6.27. The molecule has 1 N–H and O–H groups in total. The number of halogens is 2. The average Bonchev–Trinajstić information content (AvgIpc) is 3.12. The van der Waals surface area contributed by atoms with Crippen molar-refractivity contribution in [2.24, 2.45) is 5.92 Å². The zero-order valence-electron chi connectivity index (χ0n) is 18.4. The first-order valence-corrected chi connectivity index (χ1v) is 11.0. The van der Waals surface area contributed by atoms with Crippen LogP contribution in [-0.2, 0) is 6.54 Å². The van der Waals surface area contributed by atoms with Crippen LogP contribution in [0, 0.1) is 12.8 Å². The lowest BCUT2D eigenvalue weighted by Gasteiger charge is -2.41. The van der Waals surface area contributed by atoms with Crippen LogP contribution in [0.15, 0.2) is 30.3 Å². The van der Waals surface area contributed by atoms with Gasteiger partial charge in [0.05, 0.1) is 5.69 Å². The number of carbonyl (C=O) groups excluding carboxylic acids is 1. The van der Waals surface area contributed by atoms with Crippen molar-refractivity contribution in [1.29, 1.82) is 0 Å². The zero-order valence-corrected chi connectivity index (χ0v) is 18.4. The average molecular weight is 432 g/mol.